The van der Waals surface area contributed by atoms with Crippen molar-refractivity contribution in [2.75, 3.05) is 26.4 Å². The van der Waals surface area contributed by atoms with Crippen molar-refractivity contribution in [3.8, 4) is 5.75 Å². The molecule has 100 valence electrons. The molecule has 0 bridgehead atoms. The maximum Gasteiger partial charge on any atom is 0.122 e. The van der Waals surface area contributed by atoms with E-state index in [1.54, 1.807) is 0 Å². The quantitative estimate of drug-likeness (QED) is 0.848. The van der Waals surface area contributed by atoms with Gasteiger partial charge in [0.15, 0.2) is 0 Å². The van der Waals surface area contributed by atoms with E-state index in [2.05, 4.69) is 34.2 Å². The zero-order chi connectivity index (χ0) is 12.8. The molecule has 1 heterocycles. The molecule has 1 aromatic carbocycles. The molecule has 0 unspecified atom stereocenters. The first-order chi connectivity index (χ1) is 8.75. The molecule has 0 radical (unpaired) electrons. The predicted molar refractivity (Wildman–Crippen MR) is 76.2 cm³/mol. The van der Waals surface area contributed by atoms with Gasteiger partial charge in [0.1, 0.15) is 12.4 Å². The van der Waals surface area contributed by atoms with Crippen LogP contribution in [0.3, 0.4) is 0 Å². The zero-order valence-electron chi connectivity index (χ0n) is 10.7. The lowest BCUT2D eigenvalue weighted by atomic mass is 10.1. The summed E-state index contributed by atoms with van der Waals surface area (Å²) in [4.78, 5) is 0. The van der Waals surface area contributed by atoms with Crippen LogP contribution >= 0.6 is 15.9 Å². The maximum absolute atomic E-state index is 5.77. The van der Waals surface area contributed by atoms with Gasteiger partial charge in [-0.15, -0.1) is 0 Å². The number of aryl methyl sites for hydroxylation is 1. The van der Waals surface area contributed by atoms with E-state index in [1.165, 1.54) is 0 Å². The molecule has 0 aliphatic carbocycles. The first kappa shape index (κ1) is 13.8. The van der Waals surface area contributed by atoms with Gasteiger partial charge in [-0.3, -0.25) is 0 Å². The van der Waals surface area contributed by atoms with E-state index >= 15 is 0 Å². The minimum atomic E-state index is 0.591. The molecular weight excluding hydrogens is 294 g/mol. The average molecular weight is 314 g/mol. The lowest BCUT2D eigenvalue weighted by Gasteiger charge is -2.23. The van der Waals surface area contributed by atoms with E-state index in [4.69, 9.17) is 9.47 Å². The van der Waals surface area contributed by atoms with Crippen LogP contribution in [0.4, 0.5) is 0 Å². The number of hydrogen-bond donors (Lipinski definition) is 1. The molecular formula is C14H20BrNO2. The average Bonchev–Trinajstić information content (AvgIpc) is 2.38. The monoisotopic (exact) mass is 313 g/mol. The van der Waals surface area contributed by atoms with Crippen molar-refractivity contribution >= 4 is 15.9 Å². The zero-order valence-corrected chi connectivity index (χ0v) is 12.3. The lowest BCUT2D eigenvalue weighted by Crippen LogP contribution is -2.37. The summed E-state index contributed by atoms with van der Waals surface area (Å²) in [5.74, 6) is 0.965. The summed E-state index contributed by atoms with van der Waals surface area (Å²) < 4.78 is 12.2. The highest BCUT2D eigenvalue weighted by Crippen LogP contribution is 2.21. The molecule has 4 heteroatoms. The second-order valence-electron chi connectivity index (χ2n) is 4.60. The number of halogens is 1. The third-order valence-electron chi connectivity index (χ3n) is 3.15. The topological polar surface area (TPSA) is 30.5 Å². The molecule has 0 spiro atoms. The number of hydrogen-bond acceptors (Lipinski definition) is 3. The van der Waals surface area contributed by atoms with Crippen LogP contribution in [0.15, 0.2) is 22.7 Å². The Bertz CT molecular complexity index is 378. The van der Waals surface area contributed by atoms with Gasteiger partial charge in [-0.2, -0.15) is 0 Å². The van der Waals surface area contributed by atoms with Crippen LogP contribution in [-0.4, -0.2) is 32.4 Å². The highest BCUT2D eigenvalue weighted by Gasteiger charge is 2.12. The highest BCUT2D eigenvalue weighted by molar-refractivity contribution is 9.10. The summed E-state index contributed by atoms with van der Waals surface area (Å²) in [5, 5.41) is 3.51. The molecule has 0 amide bonds. The van der Waals surface area contributed by atoms with Crippen LogP contribution < -0.4 is 10.1 Å². The van der Waals surface area contributed by atoms with Crippen molar-refractivity contribution in [1.29, 1.82) is 0 Å². The van der Waals surface area contributed by atoms with E-state index in [-0.39, 0.29) is 0 Å². The fourth-order valence-electron chi connectivity index (χ4n) is 2.10. The van der Waals surface area contributed by atoms with Gasteiger partial charge in [-0.1, -0.05) is 15.9 Å². The van der Waals surface area contributed by atoms with Crippen LogP contribution in [0.5, 0.6) is 5.75 Å². The molecule has 1 aliphatic rings. The summed E-state index contributed by atoms with van der Waals surface area (Å²) in [7, 11) is 0. The van der Waals surface area contributed by atoms with Gasteiger partial charge in [0.2, 0.25) is 0 Å². The molecule has 1 fully saturated rings. The van der Waals surface area contributed by atoms with Crippen molar-refractivity contribution in [3.05, 3.63) is 28.2 Å². The van der Waals surface area contributed by atoms with Gasteiger partial charge in [0, 0.05) is 30.3 Å². The van der Waals surface area contributed by atoms with Crippen LogP contribution in [0.1, 0.15) is 18.4 Å². The van der Waals surface area contributed by atoms with Gasteiger partial charge in [0.25, 0.3) is 0 Å². The van der Waals surface area contributed by atoms with Crippen molar-refractivity contribution in [2.45, 2.75) is 25.8 Å². The molecule has 1 aliphatic heterocycles. The Kier molecular flexibility index (Phi) is 5.47. The normalized spacial score (nSPS) is 16.8. The van der Waals surface area contributed by atoms with E-state index in [0.29, 0.717) is 12.6 Å². The van der Waals surface area contributed by atoms with Gasteiger partial charge in [-0.25, -0.2) is 0 Å². The Morgan fingerprint density at radius 2 is 2.17 bits per heavy atom. The number of nitrogens with one attached hydrogen (secondary N) is 1. The van der Waals surface area contributed by atoms with Crippen LogP contribution in [0, 0.1) is 6.92 Å². The van der Waals surface area contributed by atoms with Crippen LogP contribution in [-0.2, 0) is 4.74 Å². The fraction of sp³-hybridized carbons (Fsp3) is 0.571. The minimum absolute atomic E-state index is 0.591. The molecule has 1 saturated heterocycles. The first-order valence-electron chi connectivity index (χ1n) is 6.46. The van der Waals surface area contributed by atoms with Crippen molar-refractivity contribution in [1.82, 2.24) is 5.32 Å². The summed E-state index contributed by atoms with van der Waals surface area (Å²) in [6.45, 7) is 5.42. The van der Waals surface area contributed by atoms with Crippen molar-refractivity contribution in [2.24, 2.45) is 0 Å². The Hall–Kier alpha value is -0.580. The largest absolute Gasteiger partial charge is 0.492 e. The third kappa shape index (κ3) is 4.26. The molecule has 0 atom stereocenters. The Balaban J connectivity index is 1.68. The van der Waals surface area contributed by atoms with E-state index in [1.807, 2.05) is 12.1 Å². The van der Waals surface area contributed by atoms with Gasteiger partial charge >= 0.3 is 0 Å². The standard InChI is InChI=1S/C14H20BrNO2/c1-11-10-12(15)2-3-14(11)18-9-6-16-13-4-7-17-8-5-13/h2-3,10,13,16H,4-9H2,1H3. The third-order valence-corrected chi connectivity index (χ3v) is 3.64. The molecule has 1 N–H and O–H groups in total. The van der Waals surface area contributed by atoms with E-state index in [0.717, 1.165) is 48.4 Å². The number of rotatable bonds is 5. The number of ether oxygens (including phenoxy) is 2. The van der Waals surface area contributed by atoms with Crippen LogP contribution in [0.25, 0.3) is 0 Å². The maximum atomic E-state index is 5.77. The summed E-state index contributed by atoms with van der Waals surface area (Å²) in [6.07, 6.45) is 2.22. The summed E-state index contributed by atoms with van der Waals surface area (Å²) in [5.41, 5.74) is 1.16. The van der Waals surface area contributed by atoms with Crippen molar-refractivity contribution < 1.29 is 9.47 Å². The van der Waals surface area contributed by atoms with E-state index in [9.17, 15) is 0 Å². The highest BCUT2D eigenvalue weighted by atomic mass is 79.9. The Labute approximate surface area is 117 Å². The molecule has 3 nitrogen and oxygen atoms in total. The molecule has 0 saturated carbocycles. The Morgan fingerprint density at radius 3 is 2.89 bits per heavy atom. The summed E-state index contributed by atoms with van der Waals surface area (Å²) >= 11 is 3.45. The van der Waals surface area contributed by atoms with Gasteiger partial charge < -0.3 is 14.8 Å². The second-order valence-corrected chi connectivity index (χ2v) is 5.51. The van der Waals surface area contributed by atoms with Crippen LogP contribution in [0.2, 0.25) is 0 Å². The predicted octanol–water partition coefficient (Wildman–Crippen LogP) is 2.90. The van der Waals surface area contributed by atoms with Gasteiger partial charge in [-0.05, 0) is 43.5 Å². The second kappa shape index (κ2) is 7.12. The van der Waals surface area contributed by atoms with Gasteiger partial charge in [0.05, 0.1) is 0 Å². The molecule has 18 heavy (non-hydrogen) atoms. The minimum Gasteiger partial charge on any atom is -0.492 e. The fourth-order valence-corrected chi connectivity index (χ4v) is 2.58. The van der Waals surface area contributed by atoms with Crippen molar-refractivity contribution in [3.63, 3.8) is 0 Å². The Morgan fingerprint density at radius 1 is 1.39 bits per heavy atom. The SMILES string of the molecule is Cc1cc(Br)ccc1OCCNC1CCOCC1. The van der Waals surface area contributed by atoms with E-state index < -0.39 is 0 Å². The lowest BCUT2D eigenvalue weighted by molar-refractivity contribution is 0.0770. The molecule has 2 rings (SSSR count). The number of benzene rings is 1. The molecule has 0 aromatic heterocycles. The molecule has 1 aromatic rings. The summed E-state index contributed by atoms with van der Waals surface area (Å²) in [6, 6.07) is 6.68. The first-order valence-corrected chi connectivity index (χ1v) is 7.25. The smallest absolute Gasteiger partial charge is 0.122 e.